The summed E-state index contributed by atoms with van der Waals surface area (Å²) in [6.07, 6.45) is 0.667. The van der Waals surface area contributed by atoms with Crippen LogP contribution in [0.25, 0.3) is 0 Å². The molecule has 1 heterocycles. The maximum absolute atomic E-state index is 12.2. The maximum Gasteiger partial charge on any atom is 0.281 e. The van der Waals surface area contributed by atoms with Crippen molar-refractivity contribution < 1.29 is 13.2 Å². The van der Waals surface area contributed by atoms with Crippen molar-refractivity contribution in [2.24, 2.45) is 0 Å². The molecule has 100 valence electrons. The van der Waals surface area contributed by atoms with Crippen LogP contribution in [0.2, 0.25) is 0 Å². The third-order valence-corrected chi connectivity index (χ3v) is 5.10. The molecular weight excluding hydrogens is 252 g/mol. The highest BCUT2D eigenvalue weighted by atomic mass is 32.2. The largest absolute Gasteiger partial charge is 0.493 e. The number of hydrogen-bond donors (Lipinski definition) is 0. The Morgan fingerprint density at radius 2 is 1.89 bits per heavy atom. The van der Waals surface area contributed by atoms with Crippen molar-refractivity contribution in [3.63, 3.8) is 0 Å². The number of ether oxygens (including phenoxy) is 1. The van der Waals surface area contributed by atoms with Gasteiger partial charge in [0.1, 0.15) is 5.75 Å². The van der Waals surface area contributed by atoms with Crippen LogP contribution in [-0.4, -0.2) is 44.8 Å². The van der Waals surface area contributed by atoms with Crippen molar-refractivity contribution >= 4 is 10.2 Å². The summed E-state index contributed by atoms with van der Waals surface area (Å²) in [4.78, 5) is 0. The van der Waals surface area contributed by atoms with E-state index in [0.717, 1.165) is 11.3 Å². The van der Waals surface area contributed by atoms with E-state index in [4.69, 9.17) is 4.74 Å². The molecule has 6 heteroatoms. The van der Waals surface area contributed by atoms with E-state index in [-0.39, 0.29) is 6.04 Å². The Bertz CT molecular complexity index is 528. The zero-order chi connectivity index (χ0) is 13.3. The molecule has 1 atom stereocenters. The average molecular weight is 270 g/mol. The van der Waals surface area contributed by atoms with Gasteiger partial charge in [0.05, 0.1) is 12.6 Å². The molecule has 0 saturated carbocycles. The molecule has 1 aromatic rings. The lowest BCUT2D eigenvalue weighted by Crippen LogP contribution is -2.41. The molecule has 1 aliphatic rings. The molecule has 18 heavy (non-hydrogen) atoms. The topological polar surface area (TPSA) is 49.9 Å². The monoisotopic (exact) mass is 270 g/mol. The molecular formula is C12H18N2O3S. The fraction of sp³-hybridized carbons (Fsp3) is 0.500. The predicted octanol–water partition coefficient (Wildman–Crippen LogP) is 1.25. The summed E-state index contributed by atoms with van der Waals surface area (Å²) < 4.78 is 32.5. The Kier molecular flexibility index (Phi) is 3.61. The summed E-state index contributed by atoms with van der Waals surface area (Å²) in [6.45, 7) is 0.537. The molecule has 0 aliphatic carbocycles. The molecule has 0 aromatic heterocycles. The summed E-state index contributed by atoms with van der Waals surface area (Å²) in [5.41, 5.74) is 0.927. The van der Waals surface area contributed by atoms with E-state index >= 15 is 0 Å². The molecule has 0 saturated heterocycles. The minimum absolute atomic E-state index is 0.164. The molecule has 0 bridgehead atoms. The van der Waals surface area contributed by atoms with Gasteiger partial charge in [0, 0.05) is 33.1 Å². The smallest absolute Gasteiger partial charge is 0.281 e. The molecule has 0 radical (unpaired) electrons. The molecule has 1 unspecified atom stereocenters. The number of hydrogen-bond acceptors (Lipinski definition) is 3. The predicted molar refractivity (Wildman–Crippen MR) is 69.7 cm³/mol. The van der Waals surface area contributed by atoms with Crippen LogP contribution in [0.3, 0.4) is 0 Å². The number of fused-ring (bicyclic) bond motifs is 1. The summed E-state index contributed by atoms with van der Waals surface area (Å²) in [5.74, 6) is 0.773. The zero-order valence-electron chi connectivity index (χ0n) is 10.8. The Hall–Kier alpha value is -1.11. The molecule has 0 amide bonds. The first-order valence-electron chi connectivity index (χ1n) is 5.82. The van der Waals surface area contributed by atoms with Crippen molar-refractivity contribution in [2.75, 3.05) is 27.7 Å². The van der Waals surface area contributed by atoms with Crippen LogP contribution < -0.4 is 4.74 Å². The van der Waals surface area contributed by atoms with Crippen molar-refractivity contribution in [3.8, 4) is 5.75 Å². The molecule has 1 aliphatic heterocycles. The van der Waals surface area contributed by atoms with Crippen LogP contribution in [0, 0.1) is 0 Å². The van der Waals surface area contributed by atoms with Gasteiger partial charge < -0.3 is 4.74 Å². The van der Waals surface area contributed by atoms with Gasteiger partial charge in [-0.15, -0.1) is 0 Å². The highest BCUT2D eigenvalue weighted by Gasteiger charge is 2.32. The lowest BCUT2D eigenvalue weighted by molar-refractivity contribution is 0.216. The summed E-state index contributed by atoms with van der Waals surface area (Å²) >= 11 is 0. The summed E-state index contributed by atoms with van der Waals surface area (Å²) in [6, 6.07) is 7.42. The highest BCUT2D eigenvalue weighted by Crippen LogP contribution is 2.36. The van der Waals surface area contributed by atoms with Gasteiger partial charge in [-0.25, -0.2) is 0 Å². The quantitative estimate of drug-likeness (QED) is 0.830. The van der Waals surface area contributed by atoms with E-state index in [0.29, 0.717) is 13.0 Å². The van der Waals surface area contributed by atoms with Gasteiger partial charge in [-0.1, -0.05) is 18.2 Å². The SMILES string of the molecule is CN(C)S(=O)(=O)N(C)C1CCOc2ccccc21. The Morgan fingerprint density at radius 3 is 2.56 bits per heavy atom. The normalized spacial score (nSPS) is 19.7. The van der Waals surface area contributed by atoms with Gasteiger partial charge >= 0.3 is 0 Å². The van der Waals surface area contributed by atoms with Gasteiger partial charge in [-0.3, -0.25) is 0 Å². The van der Waals surface area contributed by atoms with Gasteiger partial charge in [0.25, 0.3) is 10.2 Å². The number of para-hydroxylation sites is 1. The Morgan fingerprint density at radius 1 is 1.22 bits per heavy atom. The summed E-state index contributed by atoms with van der Waals surface area (Å²) in [7, 11) is 1.28. The first-order valence-corrected chi connectivity index (χ1v) is 7.21. The third-order valence-electron chi connectivity index (χ3n) is 3.19. The van der Waals surface area contributed by atoms with Crippen molar-refractivity contribution in [1.82, 2.24) is 8.61 Å². The van der Waals surface area contributed by atoms with Crippen LogP contribution in [0.5, 0.6) is 5.75 Å². The van der Waals surface area contributed by atoms with Crippen LogP contribution in [0.1, 0.15) is 18.0 Å². The van der Waals surface area contributed by atoms with E-state index < -0.39 is 10.2 Å². The molecule has 0 N–H and O–H groups in total. The van der Waals surface area contributed by atoms with E-state index in [1.165, 1.54) is 22.7 Å². The van der Waals surface area contributed by atoms with Gasteiger partial charge in [0.15, 0.2) is 0 Å². The molecule has 0 fully saturated rings. The number of nitrogens with zero attached hydrogens (tertiary/aromatic N) is 2. The van der Waals surface area contributed by atoms with Gasteiger partial charge in [0.2, 0.25) is 0 Å². The first-order chi connectivity index (χ1) is 8.44. The number of benzene rings is 1. The van der Waals surface area contributed by atoms with Gasteiger partial charge in [-0.05, 0) is 6.07 Å². The lowest BCUT2D eigenvalue weighted by atomic mass is 10.0. The summed E-state index contributed by atoms with van der Waals surface area (Å²) in [5, 5.41) is 0. The van der Waals surface area contributed by atoms with E-state index in [2.05, 4.69) is 0 Å². The van der Waals surface area contributed by atoms with Crippen LogP contribution in [0.4, 0.5) is 0 Å². The standard InChI is InChI=1S/C12H18N2O3S/c1-13(2)18(15,16)14(3)11-8-9-17-12-7-5-4-6-10(11)12/h4-7,11H,8-9H2,1-3H3. The van der Waals surface area contributed by atoms with Crippen LogP contribution >= 0.6 is 0 Å². The van der Waals surface area contributed by atoms with E-state index in [1.54, 1.807) is 7.05 Å². The zero-order valence-corrected chi connectivity index (χ0v) is 11.6. The second kappa shape index (κ2) is 4.87. The second-order valence-electron chi connectivity index (χ2n) is 4.50. The van der Waals surface area contributed by atoms with E-state index in [1.807, 2.05) is 24.3 Å². The number of rotatable bonds is 3. The van der Waals surface area contributed by atoms with Crippen molar-refractivity contribution in [1.29, 1.82) is 0 Å². The lowest BCUT2D eigenvalue weighted by Gasteiger charge is -2.33. The Balaban J connectivity index is 2.37. The Labute approximate surface area is 108 Å². The van der Waals surface area contributed by atoms with E-state index in [9.17, 15) is 8.42 Å². The third kappa shape index (κ3) is 2.23. The van der Waals surface area contributed by atoms with Crippen LogP contribution in [-0.2, 0) is 10.2 Å². The minimum Gasteiger partial charge on any atom is -0.493 e. The van der Waals surface area contributed by atoms with Gasteiger partial charge in [-0.2, -0.15) is 17.0 Å². The molecule has 2 rings (SSSR count). The van der Waals surface area contributed by atoms with Crippen molar-refractivity contribution in [3.05, 3.63) is 29.8 Å². The molecule has 1 aromatic carbocycles. The fourth-order valence-electron chi connectivity index (χ4n) is 2.12. The first kappa shape index (κ1) is 13.3. The molecule has 5 nitrogen and oxygen atoms in total. The minimum atomic E-state index is -3.41. The molecule has 0 spiro atoms. The van der Waals surface area contributed by atoms with Crippen molar-refractivity contribution in [2.45, 2.75) is 12.5 Å². The maximum atomic E-state index is 12.2. The highest BCUT2D eigenvalue weighted by molar-refractivity contribution is 7.86. The average Bonchev–Trinajstić information content (AvgIpc) is 2.37. The van der Waals surface area contributed by atoms with Crippen LogP contribution in [0.15, 0.2) is 24.3 Å². The fourth-order valence-corrected chi connectivity index (χ4v) is 3.18. The second-order valence-corrected chi connectivity index (χ2v) is 6.70.